The van der Waals surface area contributed by atoms with Crippen LogP contribution in [-0.4, -0.2) is 23.9 Å². The largest absolute Gasteiger partial charge is 0.464 e. The van der Waals surface area contributed by atoms with Gasteiger partial charge in [0.1, 0.15) is 5.58 Å². The minimum atomic E-state index is -4.46. The van der Waals surface area contributed by atoms with Gasteiger partial charge in [0.15, 0.2) is 0 Å². The number of furan rings is 1. The lowest BCUT2D eigenvalue weighted by Gasteiger charge is -2.27. The predicted octanol–water partition coefficient (Wildman–Crippen LogP) is 7.28. The molecule has 2 heterocycles. The molecule has 1 saturated heterocycles. The Labute approximate surface area is 187 Å². The molecule has 1 aliphatic heterocycles. The van der Waals surface area contributed by atoms with Gasteiger partial charge in [-0.3, -0.25) is 4.79 Å². The minimum Gasteiger partial charge on any atom is -0.464 e. The van der Waals surface area contributed by atoms with Crippen molar-refractivity contribution in [2.45, 2.75) is 38.8 Å². The molecule has 164 valence electrons. The number of nitrogens with zero attached hydrogens (tertiary/aromatic N) is 1. The summed E-state index contributed by atoms with van der Waals surface area (Å²) >= 11 is 13.0. The van der Waals surface area contributed by atoms with Crippen molar-refractivity contribution >= 4 is 40.1 Å². The predicted molar refractivity (Wildman–Crippen MR) is 115 cm³/mol. The fourth-order valence-corrected chi connectivity index (χ4v) is 4.71. The van der Waals surface area contributed by atoms with Gasteiger partial charge in [0.05, 0.1) is 22.4 Å². The van der Waals surface area contributed by atoms with Crippen molar-refractivity contribution in [1.82, 2.24) is 4.90 Å². The third kappa shape index (κ3) is 4.28. The molecule has 1 fully saturated rings. The summed E-state index contributed by atoms with van der Waals surface area (Å²) in [6.07, 6.45) is 0.226. The van der Waals surface area contributed by atoms with Gasteiger partial charge in [-0.05, 0) is 61.6 Å². The Morgan fingerprint density at radius 1 is 1.13 bits per heavy atom. The van der Waals surface area contributed by atoms with Crippen LogP contribution in [0.2, 0.25) is 10.0 Å². The Morgan fingerprint density at radius 3 is 2.52 bits per heavy atom. The minimum absolute atomic E-state index is 0.134. The summed E-state index contributed by atoms with van der Waals surface area (Å²) in [4.78, 5) is 14.7. The number of rotatable bonds is 3. The molecular weight excluding hydrogens is 450 g/mol. The molecule has 8 heteroatoms. The van der Waals surface area contributed by atoms with Crippen molar-refractivity contribution < 1.29 is 22.4 Å². The first-order valence-electron chi connectivity index (χ1n) is 10.0. The number of hydrogen-bond acceptors (Lipinski definition) is 2. The molecule has 0 unspecified atom stereocenters. The van der Waals surface area contributed by atoms with Crippen LogP contribution in [-0.2, 0) is 12.6 Å². The molecule has 0 N–H and O–H groups in total. The van der Waals surface area contributed by atoms with E-state index in [-0.39, 0.29) is 22.9 Å². The first-order chi connectivity index (χ1) is 14.7. The molecular formula is C23H20Cl2F3NO2. The molecule has 0 aliphatic carbocycles. The van der Waals surface area contributed by atoms with Gasteiger partial charge in [0.2, 0.25) is 0 Å². The first kappa shape index (κ1) is 22.0. The number of halogens is 5. The number of alkyl halides is 3. The van der Waals surface area contributed by atoms with E-state index < -0.39 is 11.7 Å². The van der Waals surface area contributed by atoms with Gasteiger partial charge < -0.3 is 9.32 Å². The maximum Gasteiger partial charge on any atom is 0.416 e. The summed E-state index contributed by atoms with van der Waals surface area (Å²) in [6.45, 7) is 3.00. The summed E-state index contributed by atoms with van der Waals surface area (Å²) < 4.78 is 44.8. The van der Waals surface area contributed by atoms with Crippen LogP contribution in [0.3, 0.4) is 0 Å². The quantitative estimate of drug-likeness (QED) is 0.403. The summed E-state index contributed by atoms with van der Waals surface area (Å²) in [7, 11) is 0. The van der Waals surface area contributed by atoms with Crippen LogP contribution in [0, 0.1) is 6.92 Å². The van der Waals surface area contributed by atoms with Gasteiger partial charge in [0, 0.05) is 35.5 Å². The van der Waals surface area contributed by atoms with Crippen molar-refractivity contribution in [1.29, 1.82) is 0 Å². The Bertz CT molecular complexity index is 1150. The monoisotopic (exact) mass is 469 g/mol. The van der Waals surface area contributed by atoms with E-state index in [4.69, 9.17) is 27.6 Å². The zero-order chi connectivity index (χ0) is 22.3. The fourth-order valence-electron chi connectivity index (χ4n) is 4.13. The normalized spacial score (nSPS) is 15.0. The van der Waals surface area contributed by atoms with Crippen LogP contribution >= 0.6 is 23.2 Å². The highest BCUT2D eigenvalue weighted by Crippen LogP contribution is 2.37. The maximum absolute atomic E-state index is 13.1. The Hall–Kier alpha value is -2.18. The van der Waals surface area contributed by atoms with Crippen molar-refractivity contribution in [2.75, 3.05) is 13.1 Å². The van der Waals surface area contributed by atoms with Crippen molar-refractivity contribution in [3.63, 3.8) is 0 Å². The van der Waals surface area contributed by atoms with E-state index in [1.807, 2.05) is 0 Å². The molecule has 2 aromatic carbocycles. The van der Waals surface area contributed by atoms with E-state index in [2.05, 4.69) is 0 Å². The van der Waals surface area contributed by atoms with Gasteiger partial charge in [0.25, 0.3) is 5.91 Å². The number of carbonyl (C=O) groups is 1. The first-order valence-corrected chi connectivity index (χ1v) is 10.8. The molecule has 3 nitrogen and oxygen atoms in total. The second kappa shape index (κ2) is 8.40. The SMILES string of the molecule is Cc1cc(C(F)(F)F)cc2occ(Cc3c(Cl)ccc(C(=O)N4CCCCC4)c3Cl)c12. The molecule has 31 heavy (non-hydrogen) atoms. The van der Waals surface area contributed by atoms with Crippen LogP contribution < -0.4 is 0 Å². The van der Waals surface area contributed by atoms with Crippen molar-refractivity contribution in [2.24, 2.45) is 0 Å². The van der Waals surface area contributed by atoms with E-state index in [0.29, 0.717) is 45.8 Å². The van der Waals surface area contributed by atoms with Gasteiger partial charge in [-0.25, -0.2) is 0 Å². The molecule has 4 rings (SSSR count). The van der Waals surface area contributed by atoms with Crippen LogP contribution in [0.1, 0.15) is 51.9 Å². The van der Waals surface area contributed by atoms with Gasteiger partial charge >= 0.3 is 6.18 Å². The lowest BCUT2D eigenvalue weighted by Crippen LogP contribution is -2.35. The second-order valence-electron chi connectivity index (χ2n) is 7.84. The Morgan fingerprint density at radius 2 is 1.84 bits per heavy atom. The zero-order valence-corrected chi connectivity index (χ0v) is 18.3. The highest BCUT2D eigenvalue weighted by Gasteiger charge is 2.32. The van der Waals surface area contributed by atoms with Crippen LogP contribution in [0.5, 0.6) is 0 Å². The van der Waals surface area contributed by atoms with E-state index in [0.717, 1.165) is 31.4 Å². The molecule has 1 aromatic heterocycles. The topological polar surface area (TPSA) is 33.5 Å². The van der Waals surface area contributed by atoms with Gasteiger partial charge in [-0.15, -0.1) is 0 Å². The molecule has 3 aromatic rings. The van der Waals surface area contributed by atoms with Crippen LogP contribution in [0.4, 0.5) is 13.2 Å². The molecule has 0 radical (unpaired) electrons. The van der Waals surface area contributed by atoms with Crippen molar-refractivity contribution in [3.05, 3.63) is 68.4 Å². The number of piperidine rings is 1. The van der Waals surface area contributed by atoms with Crippen LogP contribution in [0.25, 0.3) is 11.0 Å². The van der Waals surface area contributed by atoms with Gasteiger partial charge in [-0.2, -0.15) is 13.2 Å². The lowest BCUT2D eigenvalue weighted by atomic mass is 9.98. The number of benzene rings is 2. The summed E-state index contributed by atoms with van der Waals surface area (Å²) in [5.74, 6) is -0.134. The molecule has 1 amide bonds. The summed E-state index contributed by atoms with van der Waals surface area (Å²) in [5.41, 5.74) is 1.42. The van der Waals surface area contributed by atoms with E-state index in [9.17, 15) is 18.0 Å². The zero-order valence-electron chi connectivity index (χ0n) is 16.8. The van der Waals surface area contributed by atoms with E-state index >= 15 is 0 Å². The second-order valence-corrected chi connectivity index (χ2v) is 8.63. The number of hydrogen-bond donors (Lipinski definition) is 0. The summed E-state index contributed by atoms with van der Waals surface area (Å²) in [6, 6.07) is 5.35. The number of fused-ring (bicyclic) bond motifs is 1. The number of carbonyl (C=O) groups excluding carboxylic acids is 1. The van der Waals surface area contributed by atoms with Gasteiger partial charge in [-0.1, -0.05) is 23.2 Å². The third-order valence-corrected chi connectivity index (χ3v) is 6.49. The Balaban J connectivity index is 1.71. The van der Waals surface area contributed by atoms with Crippen LogP contribution in [0.15, 0.2) is 34.9 Å². The number of aryl methyl sites for hydroxylation is 1. The molecule has 1 aliphatic rings. The highest BCUT2D eigenvalue weighted by atomic mass is 35.5. The number of likely N-dealkylation sites (tertiary alicyclic amines) is 1. The molecule has 0 bridgehead atoms. The standard InChI is InChI=1S/C23H20Cl2F3NO2/c1-13-9-15(23(26,27)28)11-19-20(13)14(12-31-19)10-17-18(24)6-5-16(21(17)25)22(30)29-7-3-2-4-8-29/h5-6,9,11-12H,2-4,7-8,10H2,1H3. The average molecular weight is 470 g/mol. The molecule has 0 spiro atoms. The fraction of sp³-hybridized carbons (Fsp3) is 0.348. The van der Waals surface area contributed by atoms with Crippen molar-refractivity contribution in [3.8, 4) is 0 Å². The lowest BCUT2D eigenvalue weighted by molar-refractivity contribution is -0.137. The number of amides is 1. The average Bonchev–Trinajstić information content (AvgIpc) is 3.14. The van der Waals surface area contributed by atoms with E-state index in [1.54, 1.807) is 24.0 Å². The molecule has 0 atom stereocenters. The summed E-state index contributed by atoms with van der Waals surface area (Å²) in [5, 5.41) is 1.24. The highest BCUT2D eigenvalue weighted by molar-refractivity contribution is 6.38. The Kier molecular flexibility index (Phi) is 5.97. The molecule has 0 saturated carbocycles. The van der Waals surface area contributed by atoms with E-state index in [1.165, 1.54) is 6.26 Å². The maximum atomic E-state index is 13.1. The third-order valence-electron chi connectivity index (χ3n) is 5.70. The smallest absolute Gasteiger partial charge is 0.416 e.